The fraction of sp³-hybridized carbons (Fsp3) is 1.00. The van der Waals surface area contributed by atoms with E-state index >= 15 is 0 Å². The van der Waals surface area contributed by atoms with Gasteiger partial charge in [-0.15, -0.1) is 0 Å². The molecule has 0 N–H and O–H groups in total. The molecule has 0 heterocycles. The van der Waals surface area contributed by atoms with Gasteiger partial charge in [0.1, 0.15) is 0 Å². The molecule has 0 bridgehead atoms. The Hall–Kier alpha value is 0.177. The van der Waals surface area contributed by atoms with Crippen molar-refractivity contribution >= 4 is 8.32 Å². The van der Waals surface area contributed by atoms with Gasteiger partial charge in [0.15, 0.2) is 0 Å². The van der Waals surface area contributed by atoms with Crippen molar-refractivity contribution in [2.24, 2.45) is 0 Å². The first-order valence-corrected chi connectivity index (χ1v) is 8.29. The molecule has 1 aliphatic carbocycles. The van der Waals surface area contributed by atoms with E-state index in [4.69, 9.17) is 0 Å². The molecule has 0 aromatic heterocycles. The Morgan fingerprint density at radius 3 is 1.75 bits per heavy atom. The molecule has 1 saturated carbocycles. The SMILES string of the molecule is C[Si](C)([O])C1CCCCCCC1. The molecule has 71 valence electrons. The van der Waals surface area contributed by atoms with Crippen LogP contribution in [-0.4, -0.2) is 8.32 Å². The van der Waals surface area contributed by atoms with E-state index in [1.54, 1.807) is 0 Å². The summed E-state index contributed by atoms with van der Waals surface area (Å²) in [6.45, 7) is 3.97. The highest BCUT2D eigenvalue weighted by molar-refractivity contribution is 6.71. The average molecular weight is 185 g/mol. The zero-order chi connectivity index (χ0) is 9.03. The molecular weight excluding hydrogens is 164 g/mol. The normalized spacial score (nSPS) is 23.2. The quantitative estimate of drug-likeness (QED) is 0.555. The van der Waals surface area contributed by atoms with E-state index in [9.17, 15) is 4.80 Å². The van der Waals surface area contributed by atoms with Crippen LogP contribution in [0, 0.1) is 0 Å². The van der Waals surface area contributed by atoms with Crippen molar-refractivity contribution in [2.75, 3.05) is 0 Å². The van der Waals surface area contributed by atoms with Crippen molar-refractivity contribution in [3.63, 3.8) is 0 Å². The van der Waals surface area contributed by atoms with Crippen molar-refractivity contribution in [1.29, 1.82) is 0 Å². The summed E-state index contributed by atoms with van der Waals surface area (Å²) in [4.78, 5) is 11.9. The Labute approximate surface area is 77.3 Å². The van der Waals surface area contributed by atoms with Gasteiger partial charge < -0.3 is 0 Å². The Morgan fingerprint density at radius 1 is 0.917 bits per heavy atom. The van der Waals surface area contributed by atoms with Crippen molar-refractivity contribution < 1.29 is 4.80 Å². The van der Waals surface area contributed by atoms with Gasteiger partial charge in [-0.05, 0) is 18.6 Å². The monoisotopic (exact) mass is 185 g/mol. The number of rotatable bonds is 1. The van der Waals surface area contributed by atoms with Crippen molar-refractivity contribution in [3.05, 3.63) is 0 Å². The van der Waals surface area contributed by atoms with E-state index in [0.29, 0.717) is 5.54 Å². The molecule has 0 aromatic carbocycles. The summed E-state index contributed by atoms with van der Waals surface area (Å²) in [7, 11) is -2.06. The summed E-state index contributed by atoms with van der Waals surface area (Å²) < 4.78 is 0. The van der Waals surface area contributed by atoms with Crippen LogP contribution in [0.1, 0.15) is 44.9 Å². The van der Waals surface area contributed by atoms with Gasteiger partial charge in [-0.1, -0.05) is 44.9 Å². The average Bonchev–Trinajstić information content (AvgIpc) is 1.81. The summed E-state index contributed by atoms with van der Waals surface area (Å²) in [6.07, 6.45) is 9.19. The molecule has 1 rings (SSSR count). The maximum Gasteiger partial charge on any atom is 0.234 e. The molecule has 0 atom stereocenters. The third kappa shape index (κ3) is 3.28. The van der Waals surface area contributed by atoms with E-state index < -0.39 is 8.32 Å². The third-order valence-corrected chi connectivity index (χ3v) is 5.63. The van der Waals surface area contributed by atoms with Crippen LogP contribution >= 0.6 is 0 Å². The predicted octanol–water partition coefficient (Wildman–Crippen LogP) is 3.74. The first kappa shape index (κ1) is 10.3. The summed E-state index contributed by atoms with van der Waals surface area (Å²) in [5, 5.41) is 0. The maximum absolute atomic E-state index is 11.9. The van der Waals surface area contributed by atoms with Crippen molar-refractivity contribution in [2.45, 2.75) is 63.6 Å². The highest BCUT2D eigenvalue weighted by Gasteiger charge is 2.31. The number of hydrogen-bond donors (Lipinski definition) is 0. The predicted molar refractivity (Wildman–Crippen MR) is 54.2 cm³/mol. The van der Waals surface area contributed by atoms with Crippen LogP contribution < -0.4 is 0 Å². The van der Waals surface area contributed by atoms with Crippen LogP contribution in [-0.2, 0) is 4.80 Å². The fourth-order valence-electron chi connectivity index (χ4n) is 2.15. The van der Waals surface area contributed by atoms with Crippen molar-refractivity contribution in [3.8, 4) is 0 Å². The zero-order valence-electron chi connectivity index (χ0n) is 8.44. The van der Waals surface area contributed by atoms with Gasteiger partial charge in [0, 0.05) is 0 Å². The highest BCUT2D eigenvalue weighted by atomic mass is 28.4. The third-order valence-electron chi connectivity index (χ3n) is 3.09. The molecule has 1 aliphatic rings. The Bertz CT molecular complexity index is 120. The van der Waals surface area contributed by atoms with E-state index in [1.165, 1.54) is 44.9 Å². The van der Waals surface area contributed by atoms with Gasteiger partial charge in [0.25, 0.3) is 0 Å². The Balaban J connectivity index is 2.40. The van der Waals surface area contributed by atoms with Gasteiger partial charge in [0.05, 0.1) is 0 Å². The van der Waals surface area contributed by atoms with E-state index in [1.807, 2.05) is 13.1 Å². The molecule has 0 spiro atoms. The van der Waals surface area contributed by atoms with Crippen LogP contribution in [0.25, 0.3) is 0 Å². The fourth-order valence-corrected chi connectivity index (χ4v) is 3.95. The minimum absolute atomic E-state index is 0.567. The summed E-state index contributed by atoms with van der Waals surface area (Å²) in [6, 6.07) is 0. The van der Waals surface area contributed by atoms with Crippen LogP contribution in [0.2, 0.25) is 18.6 Å². The minimum Gasteiger partial charge on any atom is -0.298 e. The molecule has 1 nitrogen and oxygen atoms in total. The number of hydrogen-bond acceptors (Lipinski definition) is 0. The molecule has 0 aliphatic heterocycles. The summed E-state index contributed by atoms with van der Waals surface area (Å²) in [5.41, 5.74) is 0.567. The minimum atomic E-state index is -2.06. The first-order valence-electron chi connectivity index (χ1n) is 5.31. The lowest BCUT2D eigenvalue weighted by molar-refractivity contribution is 0.382. The topological polar surface area (TPSA) is 19.9 Å². The van der Waals surface area contributed by atoms with Crippen LogP contribution in [0.15, 0.2) is 0 Å². The summed E-state index contributed by atoms with van der Waals surface area (Å²) in [5.74, 6) is 0. The van der Waals surface area contributed by atoms with Crippen LogP contribution in [0.4, 0.5) is 0 Å². The van der Waals surface area contributed by atoms with E-state index in [0.717, 1.165) is 0 Å². The molecule has 1 fully saturated rings. The molecule has 0 amide bonds. The van der Waals surface area contributed by atoms with Gasteiger partial charge in [0.2, 0.25) is 8.32 Å². The first-order chi connectivity index (χ1) is 5.61. The zero-order valence-corrected chi connectivity index (χ0v) is 9.44. The highest BCUT2D eigenvalue weighted by Crippen LogP contribution is 2.33. The van der Waals surface area contributed by atoms with Crippen LogP contribution in [0.3, 0.4) is 0 Å². The van der Waals surface area contributed by atoms with E-state index in [2.05, 4.69) is 0 Å². The summed E-state index contributed by atoms with van der Waals surface area (Å²) >= 11 is 0. The molecule has 0 saturated heterocycles. The van der Waals surface area contributed by atoms with Crippen molar-refractivity contribution in [1.82, 2.24) is 0 Å². The molecule has 2 heteroatoms. The standard InChI is InChI=1S/C10H21OSi/c1-12(2,11)10-8-6-4-3-5-7-9-10/h10H,3-9H2,1-2H3. The largest absolute Gasteiger partial charge is 0.298 e. The van der Waals surface area contributed by atoms with Gasteiger partial charge in [-0.3, -0.25) is 4.80 Å². The molecule has 0 aromatic rings. The van der Waals surface area contributed by atoms with Gasteiger partial charge in [-0.2, -0.15) is 0 Å². The Kier molecular flexibility index (Phi) is 3.78. The second-order valence-electron chi connectivity index (χ2n) is 4.65. The maximum atomic E-state index is 11.9. The Morgan fingerprint density at radius 2 is 1.33 bits per heavy atom. The lowest BCUT2D eigenvalue weighted by Crippen LogP contribution is -2.31. The van der Waals surface area contributed by atoms with Gasteiger partial charge in [-0.25, -0.2) is 0 Å². The lowest BCUT2D eigenvalue weighted by atomic mass is 10.0. The van der Waals surface area contributed by atoms with Gasteiger partial charge >= 0.3 is 0 Å². The molecule has 0 unspecified atom stereocenters. The molecule has 1 radical (unpaired) electrons. The van der Waals surface area contributed by atoms with E-state index in [-0.39, 0.29) is 0 Å². The lowest BCUT2D eigenvalue weighted by Gasteiger charge is -2.26. The smallest absolute Gasteiger partial charge is 0.234 e. The second kappa shape index (κ2) is 4.42. The molecular formula is C10H21OSi. The molecule has 12 heavy (non-hydrogen) atoms. The van der Waals surface area contributed by atoms with Crippen LogP contribution in [0.5, 0.6) is 0 Å². The second-order valence-corrected chi connectivity index (χ2v) is 8.67.